The van der Waals surface area contributed by atoms with Crippen LogP contribution in [0.4, 0.5) is 5.69 Å². The van der Waals surface area contributed by atoms with Crippen LogP contribution < -0.4 is 9.62 Å². The minimum absolute atomic E-state index is 0.102. The van der Waals surface area contributed by atoms with E-state index in [1.54, 1.807) is 12.1 Å². The number of nitrogens with one attached hydrogen (secondary N) is 1. The molecule has 0 saturated heterocycles. The first-order valence-electron chi connectivity index (χ1n) is 10.7. The second kappa shape index (κ2) is 9.43. The number of hydrogen-bond acceptors (Lipinski definition) is 3. The molecule has 6 heteroatoms. The summed E-state index contributed by atoms with van der Waals surface area (Å²) in [4.78, 5) is 12.7. The number of nitrogens with zero attached hydrogens (tertiary/aromatic N) is 1. The quantitative estimate of drug-likeness (QED) is 0.611. The Hall–Kier alpha value is -2.34. The van der Waals surface area contributed by atoms with E-state index in [0.717, 1.165) is 24.0 Å². The Morgan fingerprint density at radius 1 is 0.968 bits per heavy atom. The minimum Gasteiger partial charge on any atom is -0.347 e. The van der Waals surface area contributed by atoms with Crippen LogP contribution in [0.3, 0.4) is 0 Å². The van der Waals surface area contributed by atoms with E-state index >= 15 is 0 Å². The summed E-state index contributed by atoms with van der Waals surface area (Å²) < 4.78 is 26.4. The van der Waals surface area contributed by atoms with Crippen LogP contribution in [0, 0.1) is 5.41 Å². The number of amides is 1. The largest absolute Gasteiger partial charge is 0.347 e. The molecule has 0 aromatic heterocycles. The van der Waals surface area contributed by atoms with Crippen LogP contribution >= 0.6 is 0 Å². The molecule has 0 heterocycles. The molecule has 0 fully saturated rings. The van der Waals surface area contributed by atoms with E-state index in [1.807, 2.05) is 57.2 Å². The molecule has 0 bridgehead atoms. The monoisotopic (exact) mass is 444 g/mol. The van der Waals surface area contributed by atoms with Gasteiger partial charge in [0.25, 0.3) is 5.91 Å². The predicted molar refractivity (Wildman–Crippen MR) is 129 cm³/mol. The summed E-state index contributed by atoms with van der Waals surface area (Å²) in [7, 11) is -3.46. The molecule has 2 aromatic rings. The standard InChI is InChI=1S/C25H36N2O3S/c1-8-20-11-9-10-12-22(20)27(31(7,29)30)17-19-13-15-21(16-14-19)23(28)26-25(5,6)18-24(2,3)4/h9-16H,8,17-18H2,1-7H3,(H,26,28). The molecule has 0 radical (unpaired) electrons. The van der Waals surface area contributed by atoms with E-state index in [2.05, 4.69) is 26.1 Å². The van der Waals surface area contributed by atoms with E-state index < -0.39 is 10.0 Å². The Kier molecular flexibility index (Phi) is 7.58. The molecular weight excluding hydrogens is 408 g/mol. The lowest BCUT2D eigenvalue weighted by Crippen LogP contribution is -2.45. The average molecular weight is 445 g/mol. The first-order chi connectivity index (χ1) is 14.2. The van der Waals surface area contributed by atoms with Crippen LogP contribution in [-0.2, 0) is 23.0 Å². The van der Waals surface area contributed by atoms with Gasteiger partial charge in [-0.15, -0.1) is 0 Å². The van der Waals surface area contributed by atoms with Gasteiger partial charge < -0.3 is 5.32 Å². The first kappa shape index (κ1) is 24.9. The average Bonchev–Trinajstić information content (AvgIpc) is 2.63. The second-order valence-corrected chi connectivity index (χ2v) is 11.9. The Labute approximate surface area is 187 Å². The Bertz CT molecular complexity index is 1000. The van der Waals surface area contributed by atoms with Crippen molar-refractivity contribution < 1.29 is 13.2 Å². The normalized spacial score (nSPS) is 12.5. The molecule has 170 valence electrons. The van der Waals surface area contributed by atoms with Crippen molar-refractivity contribution in [3.63, 3.8) is 0 Å². The zero-order chi connectivity index (χ0) is 23.4. The third-order valence-electron chi connectivity index (χ3n) is 5.01. The Morgan fingerprint density at radius 3 is 2.06 bits per heavy atom. The molecule has 2 rings (SSSR count). The highest BCUT2D eigenvalue weighted by Gasteiger charge is 2.27. The molecule has 0 saturated carbocycles. The van der Waals surface area contributed by atoms with Crippen molar-refractivity contribution in [3.05, 3.63) is 65.2 Å². The van der Waals surface area contributed by atoms with E-state index in [-0.39, 0.29) is 23.4 Å². The lowest BCUT2D eigenvalue weighted by atomic mass is 9.81. The number of rotatable bonds is 8. The summed E-state index contributed by atoms with van der Waals surface area (Å²) in [5, 5.41) is 3.11. The summed E-state index contributed by atoms with van der Waals surface area (Å²) in [6.45, 7) is 12.7. The fraction of sp³-hybridized carbons (Fsp3) is 0.480. The van der Waals surface area contributed by atoms with Crippen molar-refractivity contribution in [1.82, 2.24) is 5.32 Å². The highest BCUT2D eigenvalue weighted by atomic mass is 32.2. The van der Waals surface area contributed by atoms with Crippen LogP contribution in [0.5, 0.6) is 0 Å². The maximum Gasteiger partial charge on any atom is 0.251 e. The van der Waals surface area contributed by atoms with Crippen molar-refractivity contribution in [1.29, 1.82) is 0 Å². The van der Waals surface area contributed by atoms with Gasteiger partial charge in [0.1, 0.15) is 0 Å². The Balaban J connectivity index is 2.21. The van der Waals surface area contributed by atoms with Gasteiger partial charge in [0.15, 0.2) is 0 Å². The summed E-state index contributed by atoms with van der Waals surface area (Å²) in [5.41, 5.74) is 2.82. The fourth-order valence-corrected chi connectivity index (χ4v) is 5.03. The van der Waals surface area contributed by atoms with Gasteiger partial charge in [0.05, 0.1) is 18.5 Å². The van der Waals surface area contributed by atoms with E-state index in [4.69, 9.17) is 0 Å². The molecule has 0 aliphatic carbocycles. The van der Waals surface area contributed by atoms with Crippen molar-refractivity contribution in [2.45, 2.75) is 66.5 Å². The van der Waals surface area contributed by atoms with Crippen LogP contribution in [0.25, 0.3) is 0 Å². The number of carbonyl (C=O) groups excluding carboxylic acids is 1. The highest BCUT2D eigenvalue weighted by molar-refractivity contribution is 7.92. The molecule has 0 atom stereocenters. The van der Waals surface area contributed by atoms with Crippen LogP contribution in [0.2, 0.25) is 0 Å². The van der Waals surface area contributed by atoms with Gasteiger partial charge in [-0.05, 0) is 61.4 Å². The van der Waals surface area contributed by atoms with Crippen LogP contribution in [0.1, 0.15) is 69.4 Å². The van der Waals surface area contributed by atoms with Gasteiger partial charge in [-0.3, -0.25) is 9.10 Å². The van der Waals surface area contributed by atoms with Crippen molar-refractivity contribution in [2.75, 3.05) is 10.6 Å². The molecule has 1 N–H and O–H groups in total. The molecule has 0 spiro atoms. The number of benzene rings is 2. The van der Waals surface area contributed by atoms with Crippen LogP contribution in [-0.4, -0.2) is 26.1 Å². The van der Waals surface area contributed by atoms with E-state index in [9.17, 15) is 13.2 Å². The number of hydrogen-bond donors (Lipinski definition) is 1. The lowest BCUT2D eigenvalue weighted by molar-refractivity contribution is 0.0891. The molecular formula is C25H36N2O3S. The molecule has 0 aliphatic heterocycles. The molecule has 0 aliphatic rings. The van der Waals surface area contributed by atoms with Gasteiger partial charge in [-0.25, -0.2) is 8.42 Å². The second-order valence-electron chi connectivity index (χ2n) is 10.0. The van der Waals surface area contributed by atoms with Gasteiger partial charge in [-0.1, -0.05) is 58.0 Å². The fourth-order valence-electron chi connectivity index (χ4n) is 4.11. The number of carbonyl (C=O) groups is 1. The predicted octanol–water partition coefficient (Wildman–Crippen LogP) is 5.16. The van der Waals surface area contributed by atoms with Gasteiger partial charge in [0.2, 0.25) is 10.0 Å². The number of anilines is 1. The van der Waals surface area contributed by atoms with Gasteiger partial charge in [0, 0.05) is 11.1 Å². The molecule has 1 amide bonds. The summed E-state index contributed by atoms with van der Waals surface area (Å²) in [6.07, 6.45) is 2.81. The summed E-state index contributed by atoms with van der Waals surface area (Å²) >= 11 is 0. The zero-order valence-corrected chi connectivity index (χ0v) is 20.6. The van der Waals surface area contributed by atoms with Crippen molar-refractivity contribution in [3.8, 4) is 0 Å². The van der Waals surface area contributed by atoms with E-state index in [0.29, 0.717) is 11.3 Å². The van der Waals surface area contributed by atoms with Gasteiger partial charge >= 0.3 is 0 Å². The highest BCUT2D eigenvalue weighted by Crippen LogP contribution is 2.28. The maximum atomic E-state index is 12.7. The smallest absolute Gasteiger partial charge is 0.251 e. The third-order valence-corrected chi connectivity index (χ3v) is 6.13. The lowest BCUT2D eigenvalue weighted by Gasteiger charge is -2.33. The summed E-state index contributed by atoms with van der Waals surface area (Å²) in [5.74, 6) is -0.128. The number of para-hydroxylation sites is 1. The zero-order valence-electron chi connectivity index (χ0n) is 19.8. The third kappa shape index (κ3) is 7.39. The number of aryl methyl sites for hydroxylation is 1. The molecule has 0 unspecified atom stereocenters. The number of sulfonamides is 1. The SMILES string of the molecule is CCc1ccccc1N(Cc1ccc(C(=O)NC(C)(C)CC(C)(C)C)cc1)S(C)(=O)=O. The Morgan fingerprint density at radius 2 is 1.55 bits per heavy atom. The topological polar surface area (TPSA) is 66.5 Å². The van der Waals surface area contributed by atoms with Crippen molar-refractivity contribution >= 4 is 21.6 Å². The van der Waals surface area contributed by atoms with E-state index in [1.165, 1.54) is 10.6 Å². The first-order valence-corrected chi connectivity index (χ1v) is 12.5. The summed E-state index contributed by atoms with van der Waals surface area (Å²) in [6, 6.07) is 14.7. The molecule has 31 heavy (non-hydrogen) atoms. The maximum absolute atomic E-state index is 12.7. The minimum atomic E-state index is -3.46. The van der Waals surface area contributed by atoms with Crippen LogP contribution in [0.15, 0.2) is 48.5 Å². The van der Waals surface area contributed by atoms with Gasteiger partial charge in [-0.2, -0.15) is 0 Å². The molecule has 2 aromatic carbocycles. The van der Waals surface area contributed by atoms with Crippen molar-refractivity contribution in [2.24, 2.45) is 5.41 Å². The molecule has 5 nitrogen and oxygen atoms in total.